The molecular weight excluding hydrogens is 374 g/mol. The van der Waals surface area contributed by atoms with Crippen molar-refractivity contribution < 1.29 is 9.59 Å². The molecule has 2 aromatic rings. The monoisotopic (exact) mass is 407 g/mol. The second-order valence-corrected chi connectivity index (χ2v) is 8.56. The molecule has 1 aliphatic heterocycles. The summed E-state index contributed by atoms with van der Waals surface area (Å²) in [6.45, 7) is 10.1. The summed E-state index contributed by atoms with van der Waals surface area (Å²) in [5, 5.41) is 3.01. The van der Waals surface area contributed by atoms with E-state index in [0.717, 1.165) is 25.2 Å². The van der Waals surface area contributed by atoms with Gasteiger partial charge in [-0.05, 0) is 36.5 Å². The van der Waals surface area contributed by atoms with Gasteiger partial charge in [-0.25, -0.2) is 0 Å². The molecule has 0 bridgehead atoms. The van der Waals surface area contributed by atoms with Gasteiger partial charge < -0.3 is 10.2 Å². The summed E-state index contributed by atoms with van der Waals surface area (Å²) in [6, 6.07) is 17.4. The molecule has 1 heterocycles. The van der Waals surface area contributed by atoms with Crippen molar-refractivity contribution in [1.82, 2.24) is 15.1 Å². The normalized spacial score (nSPS) is 15.8. The lowest BCUT2D eigenvalue weighted by molar-refractivity contribution is -0.135. The van der Waals surface area contributed by atoms with Crippen molar-refractivity contribution in [2.75, 3.05) is 26.2 Å². The van der Waals surface area contributed by atoms with Crippen molar-refractivity contribution in [1.29, 1.82) is 0 Å². The molecule has 3 rings (SSSR count). The molecule has 30 heavy (non-hydrogen) atoms. The van der Waals surface area contributed by atoms with Gasteiger partial charge in [0.15, 0.2) is 0 Å². The zero-order valence-electron chi connectivity index (χ0n) is 18.3. The number of nitrogens with zero attached hydrogens (tertiary/aromatic N) is 2. The van der Waals surface area contributed by atoms with Crippen molar-refractivity contribution in [2.24, 2.45) is 5.92 Å². The van der Waals surface area contributed by atoms with Gasteiger partial charge in [0, 0.05) is 38.3 Å². The summed E-state index contributed by atoms with van der Waals surface area (Å²) in [7, 11) is 0. The molecule has 1 N–H and O–H groups in total. The van der Waals surface area contributed by atoms with E-state index >= 15 is 0 Å². The second-order valence-electron chi connectivity index (χ2n) is 8.56. The molecular formula is C25H33N3O2. The minimum Gasteiger partial charge on any atom is -0.340 e. The van der Waals surface area contributed by atoms with E-state index in [9.17, 15) is 9.59 Å². The Kier molecular flexibility index (Phi) is 7.63. The summed E-state index contributed by atoms with van der Waals surface area (Å²) >= 11 is 0. The van der Waals surface area contributed by atoms with Crippen LogP contribution < -0.4 is 5.32 Å². The lowest BCUT2D eigenvalue weighted by atomic mass is 10.0. The highest BCUT2D eigenvalue weighted by molar-refractivity contribution is 5.98. The van der Waals surface area contributed by atoms with Crippen LogP contribution >= 0.6 is 0 Å². The first-order chi connectivity index (χ1) is 14.4. The van der Waals surface area contributed by atoms with Gasteiger partial charge in [-0.3, -0.25) is 14.5 Å². The van der Waals surface area contributed by atoms with Crippen molar-refractivity contribution in [3.8, 4) is 0 Å². The van der Waals surface area contributed by atoms with E-state index in [2.05, 4.69) is 48.3 Å². The van der Waals surface area contributed by atoms with Gasteiger partial charge in [-0.1, -0.05) is 62.4 Å². The fourth-order valence-corrected chi connectivity index (χ4v) is 3.94. The number of carbonyl (C=O) groups is 2. The molecule has 2 aromatic carbocycles. The maximum absolute atomic E-state index is 13.2. The summed E-state index contributed by atoms with van der Waals surface area (Å²) in [4.78, 5) is 30.3. The van der Waals surface area contributed by atoms with Crippen LogP contribution in [0, 0.1) is 12.8 Å². The highest BCUT2D eigenvalue weighted by atomic mass is 16.2. The first-order valence-electron chi connectivity index (χ1n) is 10.9. The van der Waals surface area contributed by atoms with E-state index in [-0.39, 0.29) is 11.8 Å². The number of carbonyl (C=O) groups excluding carboxylic acids is 2. The molecule has 2 amide bonds. The molecule has 0 saturated carbocycles. The van der Waals surface area contributed by atoms with Crippen molar-refractivity contribution in [3.05, 3.63) is 71.3 Å². The molecule has 0 radical (unpaired) electrons. The van der Waals surface area contributed by atoms with Gasteiger partial charge in [-0.15, -0.1) is 0 Å². The lowest BCUT2D eigenvalue weighted by Gasteiger charge is -2.37. The number of amides is 2. The van der Waals surface area contributed by atoms with Crippen LogP contribution in [0.3, 0.4) is 0 Å². The standard InChI is InChI=1S/C25H33N3O2/c1-19(2)17-23(26-24(29)22-12-8-7-9-20(22)3)25(30)28-15-13-27(14-16-28)18-21-10-5-4-6-11-21/h4-12,19,23H,13-18H2,1-3H3,(H,26,29)/t23-/m1/s1. The summed E-state index contributed by atoms with van der Waals surface area (Å²) < 4.78 is 0. The highest BCUT2D eigenvalue weighted by Crippen LogP contribution is 2.14. The largest absolute Gasteiger partial charge is 0.340 e. The van der Waals surface area contributed by atoms with E-state index in [1.54, 1.807) is 0 Å². The SMILES string of the molecule is Cc1ccccc1C(=O)N[C@H](CC(C)C)C(=O)N1CCN(Cc2ccccc2)CC1. The van der Waals surface area contributed by atoms with Crippen LogP contribution in [-0.4, -0.2) is 53.8 Å². The number of hydrogen-bond donors (Lipinski definition) is 1. The summed E-state index contributed by atoms with van der Waals surface area (Å²) in [5.41, 5.74) is 2.84. The van der Waals surface area contributed by atoms with Crippen LogP contribution in [0.15, 0.2) is 54.6 Å². The Morgan fingerprint density at radius 2 is 1.57 bits per heavy atom. The molecule has 0 spiro atoms. The summed E-state index contributed by atoms with van der Waals surface area (Å²) in [6.07, 6.45) is 0.640. The Hall–Kier alpha value is -2.66. The highest BCUT2D eigenvalue weighted by Gasteiger charge is 2.29. The van der Waals surface area contributed by atoms with Crippen molar-refractivity contribution >= 4 is 11.8 Å². The van der Waals surface area contributed by atoms with Gasteiger partial charge in [0.2, 0.25) is 5.91 Å². The van der Waals surface area contributed by atoms with Crippen molar-refractivity contribution in [2.45, 2.75) is 39.8 Å². The van der Waals surface area contributed by atoms with E-state index < -0.39 is 6.04 Å². The Morgan fingerprint density at radius 1 is 0.933 bits per heavy atom. The first-order valence-corrected chi connectivity index (χ1v) is 10.9. The molecule has 0 unspecified atom stereocenters. The fraction of sp³-hybridized carbons (Fsp3) is 0.440. The topological polar surface area (TPSA) is 52.7 Å². The number of nitrogens with one attached hydrogen (secondary N) is 1. The molecule has 160 valence electrons. The van der Waals surface area contributed by atoms with Gasteiger partial charge in [-0.2, -0.15) is 0 Å². The molecule has 1 aliphatic rings. The Bertz CT molecular complexity index is 842. The van der Waals surface area contributed by atoms with Crippen LogP contribution in [0.1, 0.15) is 41.8 Å². The van der Waals surface area contributed by atoms with Crippen molar-refractivity contribution in [3.63, 3.8) is 0 Å². The fourth-order valence-electron chi connectivity index (χ4n) is 3.94. The minimum absolute atomic E-state index is 0.0324. The van der Waals surface area contributed by atoms with E-state index in [4.69, 9.17) is 0 Å². The Balaban J connectivity index is 1.60. The van der Waals surface area contributed by atoms with Gasteiger partial charge in [0.05, 0.1) is 0 Å². The summed E-state index contributed by atoms with van der Waals surface area (Å²) in [5.74, 6) is 0.176. The molecule has 0 aliphatic carbocycles. The maximum atomic E-state index is 13.2. The zero-order chi connectivity index (χ0) is 21.5. The zero-order valence-corrected chi connectivity index (χ0v) is 18.3. The molecule has 5 nitrogen and oxygen atoms in total. The molecule has 1 atom stereocenters. The Labute approximate surface area is 180 Å². The first kappa shape index (κ1) is 22.0. The number of aryl methyl sites for hydroxylation is 1. The average Bonchev–Trinajstić information content (AvgIpc) is 2.74. The lowest BCUT2D eigenvalue weighted by Crippen LogP contribution is -2.55. The van der Waals surface area contributed by atoms with Gasteiger partial charge in [0.25, 0.3) is 5.91 Å². The predicted molar refractivity (Wildman–Crippen MR) is 120 cm³/mol. The van der Waals surface area contributed by atoms with Crippen LogP contribution in [0.2, 0.25) is 0 Å². The van der Waals surface area contributed by atoms with E-state index in [0.29, 0.717) is 31.0 Å². The second kappa shape index (κ2) is 10.4. The average molecular weight is 408 g/mol. The van der Waals surface area contributed by atoms with Crippen LogP contribution in [0.25, 0.3) is 0 Å². The minimum atomic E-state index is -0.488. The third-order valence-electron chi connectivity index (χ3n) is 5.63. The maximum Gasteiger partial charge on any atom is 0.252 e. The quantitative estimate of drug-likeness (QED) is 0.765. The van der Waals surface area contributed by atoms with E-state index in [1.807, 2.05) is 42.2 Å². The smallest absolute Gasteiger partial charge is 0.252 e. The van der Waals surface area contributed by atoms with Gasteiger partial charge in [0.1, 0.15) is 6.04 Å². The molecule has 1 fully saturated rings. The molecule has 0 aromatic heterocycles. The number of rotatable bonds is 7. The predicted octanol–water partition coefficient (Wildman–Crippen LogP) is 3.48. The van der Waals surface area contributed by atoms with Crippen LogP contribution in [0.4, 0.5) is 0 Å². The van der Waals surface area contributed by atoms with Gasteiger partial charge >= 0.3 is 0 Å². The molecule has 1 saturated heterocycles. The Morgan fingerprint density at radius 3 is 2.20 bits per heavy atom. The number of benzene rings is 2. The number of piperazine rings is 1. The number of hydrogen-bond acceptors (Lipinski definition) is 3. The third-order valence-corrected chi connectivity index (χ3v) is 5.63. The molecule has 5 heteroatoms. The third kappa shape index (κ3) is 5.92. The van der Waals surface area contributed by atoms with Crippen LogP contribution in [-0.2, 0) is 11.3 Å². The van der Waals surface area contributed by atoms with Crippen LogP contribution in [0.5, 0.6) is 0 Å². The van der Waals surface area contributed by atoms with E-state index in [1.165, 1.54) is 5.56 Å².